The largest absolute Gasteiger partial charge is 1.00 e. The van der Waals surface area contributed by atoms with Crippen LogP contribution in [0.1, 0.15) is 126 Å². The van der Waals surface area contributed by atoms with Crippen LogP contribution in [0.25, 0.3) is 0 Å². The van der Waals surface area contributed by atoms with Crippen LogP contribution in [0.15, 0.2) is 30.3 Å². The van der Waals surface area contributed by atoms with Crippen LogP contribution >= 0.6 is 0 Å². The fraction of sp³-hybridized carbons (Fsp3) is 0.639. The number of hydrogen-bond acceptors (Lipinski definition) is 3. The molecule has 242 valence electrons. The molecule has 0 atom stereocenters. The van der Waals surface area contributed by atoms with E-state index in [1.54, 1.807) is 13.2 Å². The van der Waals surface area contributed by atoms with E-state index >= 15 is 0 Å². The second-order valence-electron chi connectivity index (χ2n) is 11.8. The Morgan fingerprint density at radius 1 is 0.791 bits per heavy atom. The summed E-state index contributed by atoms with van der Waals surface area (Å²) in [5, 5.41) is 8.96. The van der Waals surface area contributed by atoms with Gasteiger partial charge in [0.15, 0.2) is 35.4 Å². The topological polar surface area (TPSA) is 41.7 Å². The van der Waals surface area contributed by atoms with Crippen molar-refractivity contribution in [1.82, 2.24) is 0 Å². The summed E-state index contributed by atoms with van der Waals surface area (Å²) < 4.78 is 42.1. The molecule has 0 aliphatic carbocycles. The van der Waals surface area contributed by atoms with Gasteiger partial charge in [0.25, 0.3) is 0 Å². The van der Waals surface area contributed by atoms with Crippen molar-refractivity contribution < 1.29 is 44.9 Å². The van der Waals surface area contributed by atoms with Crippen molar-refractivity contribution in [3.05, 3.63) is 58.7 Å². The fourth-order valence-electron chi connectivity index (χ4n) is 6.02. The smallest absolute Gasteiger partial charge is 0.184 e. The lowest BCUT2D eigenvalue weighted by Crippen LogP contribution is -3.00. The maximum Gasteiger partial charge on any atom is 0.184 e. The molecule has 0 radical (unpaired) electrons. The van der Waals surface area contributed by atoms with E-state index in [2.05, 4.69) is 17.6 Å². The molecule has 1 heterocycles. The summed E-state index contributed by atoms with van der Waals surface area (Å²) in [4.78, 5) is 0. The summed E-state index contributed by atoms with van der Waals surface area (Å²) in [7, 11) is 1.70. The van der Waals surface area contributed by atoms with E-state index in [-0.39, 0.29) is 23.6 Å². The van der Waals surface area contributed by atoms with Gasteiger partial charge in [-0.2, -0.15) is 0 Å². The molecule has 1 aliphatic heterocycles. The molecule has 0 amide bonds. The van der Waals surface area contributed by atoms with E-state index in [0.29, 0.717) is 13.2 Å². The first-order valence-corrected chi connectivity index (χ1v) is 16.6. The summed E-state index contributed by atoms with van der Waals surface area (Å²) in [5.74, 6) is 0.0282. The number of benzene rings is 2. The maximum absolute atomic E-state index is 14.0. The van der Waals surface area contributed by atoms with Gasteiger partial charge in [0.1, 0.15) is 6.54 Å². The highest BCUT2D eigenvalue weighted by atomic mass is 79.9. The predicted octanol–water partition coefficient (Wildman–Crippen LogP) is 6.17. The Morgan fingerprint density at radius 2 is 1.44 bits per heavy atom. The van der Waals surface area contributed by atoms with Crippen molar-refractivity contribution in [2.24, 2.45) is 0 Å². The Morgan fingerprint density at radius 3 is 2.09 bits per heavy atom. The highest BCUT2D eigenvalue weighted by Gasteiger charge is 2.30. The van der Waals surface area contributed by atoms with Crippen LogP contribution in [0, 0.1) is 11.6 Å². The number of rotatable bonds is 22. The molecule has 0 spiro atoms. The first kappa shape index (κ1) is 37.2. The third kappa shape index (κ3) is 12.5. The van der Waals surface area contributed by atoms with Crippen molar-refractivity contribution in [2.45, 2.75) is 123 Å². The summed E-state index contributed by atoms with van der Waals surface area (Å²) >= 11 is 0. The molecular formula is C36H54BrF2NO3. The van der Waals surface area contributed by atoms with Gasteiger partial charge < -0.3 is 31.6 Å². The van der Waals surface area contributed by atoms with Crippen LogP contribution in [0.2, 0.25) is 0 Å². The minimum Gasteiger partial charge on any atom is -1.00 e. The van der Waals surface area contributed by atoms with Crippen LogP contribution in [0.4, 0.5) is 8.78 Å². The molecule has 4 nitrogen and oxygen atoms in total. The van der Waals surface area contributed by atoms with Crippen LogP contribution in [-0.2, 0) is 13.0 Å². The first-order chi connectivity index (χ1) is 20.6. The second-order valence-corrected chi connectivity index (χ2v) is 11.8. The standard InChI is InChI=1S/C36H54F2NO3.BrH/c1-3-4-5-6-7-8-9-12-15-18-34-30-20-22-35(41-2)36(42-26-17-14-11-10-13-16-25-40)31(30)23-24-39(34)28-29-19-21-32(37)33(38)27-29;/h19-22,27,40H,3-18,23-26,28H2,1-2H3;1H/q+1;/p-1. The van der Waals surface area contributed by atoms with Gasteiger partial charge in [0.2, 0.25) is 0 Å². The SMILES string of the molecule is CCCCCCCCCCCC1=[N+](Cc2ccc(F)c(F)c2)CCc2c1ccc(OC)c2OCCCCCCCCO.[Br-]. The fourth-order valence-corrected chi connectivity index (χ4v) is 6.02. The number of methoxy groups -OCH3 is 1. The lowest BCUT2D eigenvalue weighted by molar-refractivity contribution is -0.545. The van der Waals surface area contributed by atoms with Crippen LogP contribution in [0.3, 0.4) is 0 Å². The van der Waals surface area contributed by atoms with Crippen LogP contribution in [-0.4, -0.2) is 42.3 Å². The Labute approximate surface area is 269 Å². The lowest BCUT2D eigenvalue weighted by Gasteiger charge is -2.23. The lowest BCUT2D eigenvalue weighted by atomic mass is 9.91. The molecule has 2 aromatic carbocycles. The Bertz CT molecular complexity index is 1110. The van der Waals surface area contributed by atoms with Gasteiger partial charge in [0, 0.05) is 36.1 Å². The van der Waals surface area contributed by atoms with Gasteiger partial charge >= 0.3 is 0 Å². The van der Waals surface area contributed by atoms with E-state index in [9.17, 15) is 8.78 Å². The molecular weight excluding hydrogens is 612 g/mol. The van der Waals surface area contributed by atoms with E-state index < -0.39 is 11.6 Å². The van der Waals surface area contributed by atoms with E-state index in [1.807, 2.05) is 6.07 Å². The normalized spacial score (nSPS) is 12.7. The summed E-state index contributed by atoms with van der Waals surface area (Å²) in [6, 6.07) is 8.42. The summed E-state index contributed by atoms with van der Waals surface area (Å²) in [5.41, 5.74) is 4.44. The van der Waals surface area contributed by atoms with Gasteiger partial charge in [-0.1, -0.05) is 84.0 Å². The molecule has 0 bridgehead atoms. The molecule has 0 saturated heterocycles. The number of nitrogens with zero attached hydrogens (tertiary/aromatic N) is 1. The number of hydrogen-bond donors (Lipinski definition) is 1. The zero-order valence-electron chi connectivity index (χ0n) is 26.6. The van der Waals surface area contributed by atoms with E-state index in [4.69, 9.17) is 14.6 Å². The van der Waals surface area contributed by atoms with Gasteiger partial charge in [0.05, 0.1) is 13.7 Å². The number of ether oxygens (including phenoxy) is 2. The number of aliphatic hydroxyl groups is 1. The molecule has 0 saturated carbocycles. The average Bonchev–Trinajstić information content (AvgIpc) is 3.00. The van der Waals surface area contributed by atoms with Gasteiger partial charge in [-0.3, -0.25) is 0 Å². The number of unbranched alkanes of at least 4 members (excludes halogenated alkanes) is 13. The third-order valence-electron chi connectivity index (χ3n) is 8.44. The molecule has 1 N–H and O–H groups in total. The molecule has 2 aromatic rings. The van der Waals surface area contributed by atoms with Gasteiger partial charge in [-0.05, 0) is 49.6 Å². The summed E-state index contributed by atoms with van der Waals surface area (Å²) in [6.45, 7) is 4.54. The zero-order valence-corrected chi connectivity index (χ0v) is 28.2. The average molecular weight is 667 g/mol. The quantitative estimate of drug-likeness (QED) is 0.121. The first-order valence-electron chi connectivity index (χ1n) is 16.6. The molecule has 3 rings (SSSR count). The van der Waals surface area contributed by atoms with Crippen molar-refractivity contribution >= 4 is 5.71 Å². The second kappa shape index (κ2) is 21.7. The van der Waals surface area contributed by atoms with Crippen LogP contribution < -0.4 is 26.5 Å². The molecule has 0 fully saturated rings. The Hall–Kier alpha value is -1.99. The molecule has 0 unspecified atom stereocenters. The Balaban J connectivity index is 0.00000645. The number of aliphatic hydroxyl groups excluding tert-OH is 1. The van der Waals surface area contributed by atoms with Crippen molar-refractivity contribution in [3.63, 3.8) is 0 Å². The van der Waals surface area contributed by atoms with Gasteiger partial charge in [-0.25, -0.2) is 13.4 Å². The van der Waals surface area contributed by atoms with Crippen molar-refractivity contribution in [3.8, 4) is 11.5 Å². The van der Waals surface area contributed by atoms with Crippen molar-refractivity contribution in [2.75, 3.05) is 26.9 Å². The predicted molar refractivity (Wildman–Crippen MR) is 168 cm³/mol. The minimum atomic E-state index is -0.805. The highest BCUT2D eigenvalue weighted by molar-refractivity contribution is 5.99. The molecule has 7 heteroatoms. The van der Waals surface area contributed by atoms with Gasteiger partial charge in [-0.15, -0.1) is 0 Å². The van der Waals surface area contributed by atoms with Crippen LogP contribution in [0.5, 0.6) is 11.5 Å². The van der Waals surface area contributed by atoms with E-state index in [0.717, 1.165) is 81.4 Å². The van der Waals surface area contributed by atoms with Crippen molar-refractivity contribution in [1.29, 1.82) is 0 Å². The maximum atomic E-state index is 14.0. The summed E-state index contributed by atoms with van der Waals surface area (Å²) in [6.07, 6.45) is 19.6. The minimum absolute atomic E-state index is 0. The number of fused-ring (bicyclic) bond motifs is 1. The zero-order chi connectivity index (χ0) is 30.0. The Kier molecular flexibility index (Phi) is 18.7. The molecule has 1 aliphatic rings. The monoisotopic (exact) mass is 665 g/mol. The van der Waals surface area contributed by atoms with E-state index in [1.165, 1.54) is 80.3 Å². The third-order valence-corrected chi connectivity index (χ3v) is 8.44. The number of halogens is 3. The molecule has 43 heavy (non-hydrogen) atoms. The molecule has 0 aromatic heterocycles. The highest BCUT2D eigenvalue weighted by Crippen LogP contribution is 2.37.